The molecule has 0 spiro atoms. The van der Waals surface area contributed by atoms with Crippen molar-refractivity contribution in [3.63, 3.8) is 0 Å². The van der Waals surface area contributed by atoms with E-state index in [1.165, 1.54) is 38.9 Å². The van der Waals surface area contributed by atoms with Crippen molar-refractivity contribution >= 4 is 62.3 Å². The van der Waals surface area contributed by atoms with E-state index in [9.17, 15) is 0 Å². The number of fused-ring (bicyclic) bond motifs is 2. The highest BCUT2D eigenvalue weighted by atomic mass is 79.9. The Morgan fingerprint density at radius 2 is 1.03 bits per heavy atom. The normalized spacial score (nSPS) is 15.4. The molecule has 4 aromatic carbocycles. The molecular weight excluding hydrogens is 1030 g/mol. The summed E-state index contributed by atoms with van der Waals surface area (Å²) in [7, 11) is 4.25. The number of rotatable bonds is 26. The standard InChI is InChI=1S/C25H32Cl2N4O3.C16H14BrCl2N.C8H18N4O3/c1-31-17-23(22-15-21(26)16-25(27)24(22)18-31)20-6-2-4-19(14-20)5-3-8-32-10-12-34-13-11-33-9-7-29-30-28;1-20-8-14(10-3-2-4-11(17)5-10)13-6-12(18)7-16(19)15(13)9-20;9-1-3-13-5-7-15-8-6-14-4-2-11-12-10/h2,4,6,14-16,23H,3,5,7-13,17-18H2,1H3;2-7,14H,8-9H2,1H3;1-9H2. The second-order valence-electron chi connectivity index (χ2n) is 16.2. The molecule has 0 aromatic heterocycles. The van der Waals surface area contributed by atoms with E-state index < -0.39 is 0 Å². The van der Waals surface area contributed by atoms with E-state index >= 15 is 0 Å². The smallest absolute Gasteiger partial charge is 0.0701 e. The fraction of sp³-hybridized carbons (Fsp3) is 0.510. The number of nitrogens with zero attached hydrogens (tertiary/aromatic N) is 8. The summed E-state index contributed by atoms with van der Waals surface area (Å²) in [5.74, 6) is 0.554. The van der Waals surface area contributed by atoms with Crippen LogP contribution in [0.15, 0.2) is 87.5 Å². The van der Waals surface area contributed by atoms with Gasteiger partial charge in [-0.25, -0.2) is 0 Å². The van der Waals surface area contributed by atoms with Crippen molar-refractivity contribution in [2.75, 3.05) is 126 Å². The van der Waals surface area contributed by atoms with Crippen LogP contribution in [-0.2, 0) is 47.9 Å². The van der Waals surface area contributed by atoms with Gasteiger partial charge in [0.1, 0.15) is 0 Å². The van der Waals surface area contributed by atoms with Crippen LogP contribution in [0.25, 0.3) is 20.9 Å². The first kappa shape index (κ1) is 58.4. The second kappa shape index (κ2) is 34.2. The summed E-state index contributed by atoms with van der Waals surface area (Å²) in [6.07, 6.45) is 1.91. The third-order valence-corrected chi connectivity index (χ3v) is 12.5. The zero-order valence-corrected chi connectivity index (χ0v) is 44.0. The lowest BCUT2D eigenvalue weighted by Crippen LogP contribution is -2.31. The average Bonchev–Trinajstić information content (AvgIpc) is 3.33. The minimum atomic E-state index is 0.251. The molecule has 0 saturated heterocycles. The first-order valence-corrected chi connectivity index (χ1v) is 25.2. The minimum absolute atomic E-state index is 0.251. The van der Waals surface area contributed by atoms with Crippen LogP contribution in [0.5, 0.6) is 0 Å². The van der Waals surface area contributed by atoms with Gasteiger partial charge in [-0.2, -0.15) is 0 Å². The molecule has 0 aliphatic carbocycles. The number of azide groups is 2. The fourth-order valence-corrected chi connectivity index (χ4v) is 9.35. The molecule has 2 aliphatic rings. The van der Waals surface area contributed by atoms with Crippen LogP contribution in [-0.4, -0.2) is 136 Å². The number of benzene rings is 4. The SMILES string of the molecule is CN1Cc2c(Cl)cc(Cl)cc2C(c2cccc(Br)c2)C1.CN1Cc2c(Cl)cc(Cl)cc2C(c2cccc(CCCOCCOCCOCCN=[N+]=[N-])c2)C1.[N-]=[N+]=NCCOCCOCCOCCN. The quantitative estimate of drug-likeness (QED) is 0.0276. The van der Waals surface area contributed by atoms with Gasteiger partial charge < -0.3 is 44.0 Å². The Balaban J connectivity index is 0.000000250. The van der Waals surface area contributed by atoms with Crippen molar-refractivity contribution in [1.82, 2.24) is 9.80 Å². The maximum absolute atomic E-state index is 8.17. The van der Waals surface area contributed by atoms with Gasteiger partial charge in [0, 0.05) is 98.6 Å². The largest absolute Gasteiger partial charge is 0.379 e. The van der Waals surface area contributed by atoms with Crippen molar-refractivity contribution in [1.29, 1.82) is 0 Å². The molecule has 6 rings (SSSR count). The molecule has 69 heavy (non-hydrogen) atoms. The predicted octanol–water partition coefficient (Wildman–Crippen LogP) is 11.5. The molecule has 2 N–H and O–H groups in total. The molecule has 2 heterocycles. The van der Waals surface area contributed by atoms with Crippen molar-refractivity contribution in [2.24, 2.45) is 16.0 Å². The third kappa shape index (κ3) is 22.0. The van der Waals surface area contributed by atoms with Gasteiger partial charge in [-0.3, -0.25) is 0 Å². The predicted molar refractivity (Wildman–Crippen MR) is 280 cm³/mol. The van der Waals surface area contributed by atoms with Gasteiger partial charge >= 0.3 is 0 Å². The van der Waals surface area contributed by atoms with Crippen LogP contribution in [0.3, 0.4) is 0 Å². The van der Waals surface area contributed by atoms with E-state index in [-0.39, 0.29) is 5.92 Å². The van der Waals surface area contributed by atoms with E-state index in [0.29, 0.717) is 115 Å². The lowest BCUT2D eigenvalue weighted by Gasteiger charge is -2.33. The minimum Gasteiger partial charge on any atom is -0.379 e. The molecular formula is C49H64BrCl4N9O6. The Labute approximate surface area is 435 Å². The number of nitrogens with two attached hydrogens (primary N) is 1. The van der Waals surface area contributed by atoms with Crippen LogP contribution in [0.2, 0.25) is 20.1 Å². The first-order chi connectivity index (χ1) is 33.5. The summed E-state index contributed by atoms with van der Waals surface area (Å²) in [5.41, 5.74) is 30.1. The van der Waals surface area contributed by atoms with Gasteiger partial charge in [-0.1, -0.05) is 109 Å². The molecule has 2 aliphatic heterocycles. The Hall–Kier alpha value is -3.22. The molecule has 2 atom stereocenters. The topological polar surface area (TPSA) is 185 Å². The number of hydrogen-bond acceptors (Lipinski definition) is 11. The van der Waals surface area contributed by atoms with Crippen molar-refractivity contribution in [3.05, 3.63) is 157 Å². The third-order valence-electron chi connectivity index (χ3n) is 10.9. The van der Waals surface area contributed by atoms with Gasteiger partial charge in [0.2, 0.25) is 0 Å². The van der Waals surface area contributed by atoms with Crippen LogP contribution >= 0.6 is 62.3 Å². The van der Waals surface area contributed by atoms with E-state index in [4.69, 9.17) is 91.6 Å². The molecule has 0 bridgehead atoms. The highest BCUT2D eigenvalue weighted by molar-refractivity contribution is 9.10. The van der Waals surface area contributed by atoms with E-state index in [1.807, 2.05) is 18.2 Å². The summed E-state index contributed by atoms with van der Waals surface area (Å²) in [6, 6.07) is 25.0. The monoisotopic (exact) mass is 1090 g/mol. The summed E-state index contributed by atoms with van der Waals surface area (Å²) in [6.45, 7) is 11.1. The summed E-state index contributed by atoms with van der Waals surface area (Å²) in [5, 5.41) is 9.62. The van der Waals surface area contributed by atoms with Gasteiger partial charge in [-0.05, 0) is 113 Å². The van der Waals surface area contributed by atoms with Crippen molar-refractivity contribution in [2.45, 2.75) is 37.8 Å². The molecule has 15 nitrogen and oxygen atoms in total. The summed E-state index contributed by atoms with van der Waals surface area (Å²) < 4.78 is 32.9. The Morgan fingerprint density at radius 1 is 0.594 bits per heavy atom. The van der Waals surface area contributed by atoms with Crippen LogP contribution in [0.4, 0.5) is 0 Å². The molecule has 0 fully saturated rings. The number of halogens is 5. The Morgan fingerprint density at radius 3 is 1.49 bits per heavy atom. The summed E-state index contributed by atoms with van der Waals surface area (Å²) >= 11 is 29.0. The zero-order chi connectivity index (χ0) is 49.6. The molecule has 0 radical (unpaired) electrons. The van der Waals surface area contributed by atoms with E-state index in [1.54, 1.807) is 0 Å². The van der Waals surface area contributed by atoms with Crippen molar-refractivity contribution in [3.8, 4) is 0 Å². The van der Waals surface area contributed by atoms with Crippen molar-refractivity contribution < 1.29 is 28.4 Å². The van der Waals surface area contributed by atoms with Crippen LogP contribution in [0, 0.1) is 0 Å². The molecule has 0 saturated carbocycles. The lowest BCUT2D eigenvalue weighted by atomic mass is 9.84. The van der Waals surface area contributed by atoms with E-state index in [0.717, 1.165) is 53.5 Å². The van der Waals surface area contributed by atoms with Gasteiger partial charge in [-0.15, -0.1) is 0 Å². The molecule has 20 heteroatoms. The lowest BCUT2D eigenvalue weighted by molar-refractivity contribution is 0.0156. The second-order valence-corrected chi connectivity index (χ2v) is 18.8. The first-order valence-electron chi connectivity index (χ1n) is 22.9. The fourth-order valence-electron chi connectivity index (χ4n) is 7.80. The highest BCUT2D eigenvalue weighted by Crippen LogP contribution is 2.40. The maximum atomic E-state index is 8.17. The number of aryl methyl sites for hydroxylation is 1. The maximum Gasteiger partial charge on any atom is 0.0701 e. The Bertz CT molecular complexity index is 2240. The molecule has 2 unspecified atom stereocenters. The number of ether oxygens (including phenoxy) is 6. The number of likely N-dealkylation sites (N-methyl/N-ethyl adjacent to an activating group) is 2. The van der Waals surface area contributed by atoms with Gasteiger partial charge in [0.15, 0.2) is 0 Å². The molecule has 0 amide bonds. The van der Waals surface area contributed by atoms with Gasteiger partial charge in [0.25, 0.3) is 0 Å². The summed E-state index contributed by atoms with van der Waals surface area (Å²) in [4.78, 5) is 9.87. The number of hydrogen-bond donors (Lipinski definition) is 1. The van der Waals surface area contributed by atoms with Crippen LogP contribution in [0.1, 0.15) is 57.2 Å². The van der Waals surface area contributed by atoms with E-state index in [2.05, 4.69) is 114 Å². The molecule has 4 aromatic rings. The molecule has 376 valence electrons. The Kier molecular flexibility index (Phi) is 28.9. The highest BCUT2D eigenvalue weighted by Gasteiger charge is 2.28. The average molecular weight is 1100 g/mol. The zero-order valence-electron chi connectivity index (χ0n) is 39.4. The van der Waals surface area contributed by atoms with Gasteiger partial charge in [0.05, 0.1) is 72.7 Å². The van der Waals surface area contributed by atoms with Crippen LogP contribution < -0.4 is 5.73 Å².